The molecule has 1 aliphatic carbocycles. The highest BCUT2D eigenvalue weighted by Gasteiger charge is 2.54. The van der Waals surface area contributed by atoms with Crippen molar-refractivity contribution in [3.8, 4) is 0 Å². The topological polar surface area (TPSA) is 364 Å². The lowest BCUT2D eigenvalue weighted by Crippen LogP contribution is -2.70. The summed E-state index contributed by atoms with van der Waals surface area (Å²) in [7, 11) is -3.61. The number of nitrogens with one attached hydrogen (secondary N) is 1. The minimum atomic E-state index is -5.17. The molecular weight excluding hydrogens is 594 g/mol. The first-order valence-electron chi connectivity index (χ1n) is 13.1. The number of hydrogen-bond donors (Lipinski definition) is 11. The van der Waals surface area contributed by atoms with Crippen LogP contribution in [0.15, 0.2) is 0 Å². The van der Waals surface area contributed by atoms with E-state index in [1.807, 2.05) is 0 Å². The van der Waals surface area contributed by atoms with Gasteiger partial charge in [-0.2, -0.15) is 0 Å². The highest BCUT2D eigenvalue weighted by Crippen LogP contribution is 2.35. The van der Waals surface area contributed by atoms with E-state index in [2.05, 4.69) is 5.32 Å². The Morgan fingerprint density at radius 2 is 1.40 bits per heavy atom. The van der Waals surface area contributed by atoms with Gasteiger partial charge in [0.25, 0.3) is 0 Å². The number of ether oxygens (including phenoxy) is 5. The van der Waals surface area contributed by atoms with E-state index in [1.165, 1.54) is 0 Å². The summed E-state index contributed by atoms with van der Waals surface area (Å²) < 4.78 is 63.3. The largest absolute Gasteiger partial charge is 0.759 e. The lowest BCUT2D eigenvalue weighted by Gasteiger charge is -2.51. The zero-order valence-corrected chi connectivity index (χ0v) is 23.3. The minimum absolute atomic E-state index is 0.156. The Labute approximate surface area is 241 Å². The summed E-state index contributed by atoms with van der Waals surface area (Å²) in [4.78, 5) is 0. The van der Waals surface area contributed by atoms with Gasteiger partial charge < -0.3 is 91.7 Å². The molecule has 248 valence electrons. The van der Waals surface area contributed by atoms with E-state index in [0.717, 1.165) is 0 Å². The second-order valence-corrected chi connectivity index (χ2v) is 11.5. The maximum Gasteiger partial charge on any atom is 0.189 e. The molecule has 3 heterocycles. The molecular formula is C21H41N5O15S-2. The molecule has 3 aliphatic heterocycles. The zero-order valence-electron chi connectivity index (χ0n) is 22.5. The molecule has 15 N–H and O–H groups in total. The Morgan fingerprint density at radius 1 is 0.786 bits per heavy atom. The number of aliphatic hydroxyl groups is 6. The van der Waals surface area contributed by atoms with E-state index in [9.17, 15) is 30.6 Å². The van der Waals surface area contributed by atoms with Crippen molar-refractivity contribution in [2.75, 3.05) is 13.7 Å². The quantitative estimate of drug-likeness (QED) is 0.0952. The fourth-order valence-electron chi connectivity index (χ4n) is 5.46. The lowest BCUT2D eigenvalue weighted by molar-refractivity contribution is -0.373. The molecule has 0 aromatic heterocycles. The van der Waals surface area contributed by atoms with Crippen LogP contribution in [0.5, 0.6) is 0 Å². The van der Waals surface area contributed by atoms with Gasteiger partial charge in [0.2, 0.25) is 0 Å². The molecule has 20 nitrogen and oxygen atoms in total. The van der Waals surface area contributed by atoms with Crippen molar-refractivity contribution in [3.05, 3.63) is 0 Å². The molecule has 0 bridgehead atoms. The van der Waals surface area contributed by atoms with Gasteiger partial charge in [0, 0.05) is 22.5 Å². The molecule has 3 saturated heterocycles. The van der Waals surface area contributed by atoms with Gasteiger partial charge in [0.1, 0.15) is 42.7 Å². The molecule has 0 aromatic carbocycles. The molecule has 0 radical (unpaired) electrons. The zero-order chi connectivity index (χ0) is 31.7. The lowest BCUT2D eigenvalue weighted by atomic mass is 9.84. The standard InChI is InChI=1S/C21H41N5O11.H2O4S/c1-26-11-14(30)18-8(33-20(11)37-21-16(32)13(29)10(25)9(4-27)34-21)3-7(24)19(36-18)35-17-6(23)2-5(22)12(28)15(17)31;1-5(2,3)4/h5-21,26-32H,2-4,22-25H2,1H3;(H2,1,2,3,4)/p-2/t5-,6+,7-,8+,9-,10-,11+,12+,13+,14-,15-,16-,17-,18+,19+,20-,21-;/m1./s1. The van der Waals surface area contributed by atoms with E-state index in [4.69, 9.17) is 64.1 Å². The molecule has 1 saturated carbocycles. The van der Waals surface area contributed by atoms with Gasteiger partial charge in [0.05, 0.1) is 36.9 Å². The van der Waals surface area contributed by atoms with Crippen molar-refractivity contribution in [2.45, 2.75) is 117 Å². The molecule has 0 aromatic rings. The number of aliphatic hydroxyl groups excluding tert-OH is 6. The van der Waals surface area contributed by atoms with Crippen LogP contribution in [0, 0.1) is 0 Å². The van der Waals surface area contributed by atoms with Crippen LogP contribution < -0.4 is 28.3 Å². The van der Waals surface area contributed by atoms with E-state index < -0.39 is 121 Å². The van der Waals surface area contributed by atoms with Crippen LogP contribution in [-0.2, 0) is 34.1 Å². The van der Waals surface area contributed by atoms with Crippen molar-refractivity contribution in [1.82, 2.24) is 5.32 Å². The van der Waals surface area contributed by atoms with Gasteiger partial charge >= 0.3 is 0 Å². The van der Waals surface area contributed by atoms with Crippen molar-refractivity contribution < 1.29 is 71.8 Å². The third kappa shape index (κ3) is 8.28. The second-order valence-electron chi connectivity index (χ2n) is 10.7. The predicted molar refractivity (Wildman–Crippen MR) is 134 cm³/mol. The van der Waals surface area contributed by atoms with Crippen LogP contribution in [0.25, 0.3) is 0 Å². The number of rotatable bonds is 6. The SMILES string of the molecule is CN[C@@H]1[C@@H](O[C@H]2O[C@H](CO)[C@@H](N)[C@H](O)[C@H]2O)O[C@H]2C[C@@H](N)[C@@H](O[C@H]3[C@H](O)[C@@H](O)[C@H](N)C[C@@H]3N)O[C@@H]2[C@@H]1O.O=S(=O)([O-])[O-]. The van der Waals surface area contributed by atoms with Crippen LogP contribution in [-0.4, -0.2) is 166 Å². The first kappa shape index (κ1) is 35.7. The van der Waals surface area contributed by atoms with Crippen LogP contribution in [0.2, 0.25) is 0 Å². The Balaban J connectivity index is 0.000000892. The highest BCUT2D eigenvalue weighted by molar-refractivity contribution is 7.79. The summed E-state index contributed by atoms with van der Waals surface area (Å²) in [6, 6.07) is -4.05. The van der Waals surface area contributed by atoms with E-state index in [1.54, 1.807) is 7.05 Å². The molecule has 0 amide bonds. The van der Waals surface area contributed by atoms with Crippen molar-refractivity contribution in [1.29, 1.82) is 0 Å². The fourth-order valence-corrected chi connectivity index (χ4v) is 5.46. The maximum absolute atomic E-state index is 11.1. The van der Waals surface area contributed by atoms with Gasteiger partial charge in [-0.25, -0.2) is 0 Å². The van der Waals surface area contributed by atoms with Crippen LogP contribution in [0.3, 0.4) is 0 Å². The fraction of sp³-hybridized carbons (Fsp3) is 1.00. The average Bonchev–Trinajstić information content (AvgIpc) is 2.90. The van der Waals surface area contributed by atoms with Crippen LogP contribution >= 0.6 is 0 Å². The Morgan fingerprint density at radius 3 is 1.98 bits per heavy atom. The number of hydrogen-bond acceptors (Lipinski definition) is 20. The van der Waals surface area contributed by atoms with E-state index >= 15 is 0 Å². The predicted octanol–water partition coefficient (Wildman–Crippen LogP) is -8.29. The summed E-state index contributed by atoms with van der Waals surface area (Å²) >= 11 is 0. The van der Waals surface area contributed by atoms with Gasteiger partial charge in [-0.1, -0.05) is 0 Å². The Kier molecular flexibility index (Phi) is 12.4. The van der Waals surface area contributed by atoms with Crippen molar-refractivity contribution in [3.63, 3.8) is 0 Å². The van der Waals surface area contributed by atoms with Gasteiger partial charge in [-0.05, 0) is 19.9 Å². The Bertz CT molecular complexity index is 960. The first-order chi connectivity index (χ1) is 19.5. The second kappa shape index (κ2) is 14.6. The summed E-state index contributed by atoms with van der Waals surface area (Å²) in [6.45, 7) is -0.508. The summed E-state index contributed by atoms with van der Waals surface area (Å²) in [6.07, 6.45) is -13.7. The number of nitrogens with two attached hydrogens (primary N) is 4. The monoisotopic (exact) mass is 635 g/mol. The molecule has 17 atom stereocenters. The Hall–Kier alpha value is -0.770. The smallest absolute Gasteiger partial charge is 0.189 e. The van der Waals surface area contributed by atoms with Gasteiger partial charge in [0.15, 0.2) is 18.9 Å². The molecule has 0 spiro atoms. The van der Waals surface area contributed by atoms with Crippen molar-refractivity contribution >= 4 is 10.4 Å². The molecule has 21 heteroatoms. The summed E-state index contributed by atoms with van der Waals surface area (Å²) in [5, 5.41) is 64.7. The summed E-state index contributed by atoms with van der Waals surface area (Å²) in [5.41, 5.74) is 24.0. The van der Waals surface area contributed by atoms with Crippen molar-refractivity contribution in [2.24, 2.45) is 22.9 Å². The molecule has 4 rings (SSSR count). The molecule has 0 unspecified atom stereocenters. The molecule has 4 aliphatic rings. The third-order valence-electron chi connectivity index (χ3n) is 7.74. The minimum Gasteiger partial charge on any atom is -0.759 e. The van der Waals surface area contributed by atoms with Crippen LogP contribution in [0.4, 0.5) is 0 Å². The maximum atomic E-state index is 11.1. The van der Waals surface area contributed by atoms with E-state index in [0.29, 0.717) is 0 Å². The van der Waals surface area contributed by atoms with Gasteiger partial charge in [-0.15, -0.1) is 0 Å². The molecule has 42 heavy (non-hydrogen) atoms. The number of fused-ring (bicyclic) bond motifs is 1. The van der Waals surface area contributed by atoms with Gasteiger partial charge in [-0.3, -0.25) is 8.42 Å². The first-order valence-corrected chi connectivity index (χ1v) is 14.5. The van der Waals surface area contributed by atoms with Crippen LogP contribution in [0.1, 0.15) is 12.8 Å². The highest BCUT2D eigenvalue weighted by atomic mass is 32.3. The normalized spacial score (nSPS) is 49.9. The van der Waals surface area contributed by atoms with E-state index in [-0.39, 0.29) is 12.8 Å². The average molecular weight is 636 g/mol. The number of likely N-dealkylation sites (N-methyl/N-ethyl adjacent to an activating group) is 1. The third-order valence-corrected chi connectivity index (χ3v) is 7.74. The molecule has 4 fully saturated rings. The summed E-state index contributed by atoms with van der Waals surface area (Å²) in [5.74, 6) is 0.